The highest BCUT2D eigenvalue weighted by molar-refractivity contribution is 5.68. The van der Waals surface area contributed by atoms with Gasteiger partial charge in [-0.05, 0) is 25.5 Å². The third-order valence-electron chi connectivity index (χ3n) is 2.82. The molecule has 0 saturated carbocycles. The van der Waals surface area contributed by atoms with E-state index in [1.165, 1.54) is 6.07 Å². The molecule has 19 heavy (non-hydrogen) atoms. The monoisotopic (exact) mass is 266 g/mol. The number of anilines is 1. The van der Waals surface area contributed by atoms with Gasteiger partial charge in [-0.2, -0.15) is 0 Å². The predicted octanol–water partition coefficient (Wildman–Crippen LogP) is 2.96. The second kappa shape index (κ2) is 6.72. The van der Waals surface area contributed by atoms with Crippen LogP contribution in [0.2, 0.25) is 0 Å². The lowest BCUT2D eigenvalue weighted by Gasteiger charge is -2.17. The number of nitrogens with zero attached hydrogens (tertiary/aromatic N) is 1. The topological polar surface area (TPSA) is 92.5 Å². The van der Waals surface area contributed by atoms with E-state index in [0.717, 1.165) is 12.8 Å². The standard InChI is InChI=1S/C13H18N2O4/c1-3-4-10(8-13(16)17)14-11-5-6-12(15(18)19)9(2)7-11/h5-7,10,14H,3-4,8H2,1-2H3,(H,16,17). The summed E-state index contributed by atoms with van der Waals surface area (Å²) in [5.41, 5.74) is 1.33. The highest BCUT2D eigenvalue weighted by Gasteiger charge is 2.14. The van der Waals surface area contributed by atoms with Gasteiger partial charge in [0.1, 0.15) is 0 Å². The van der Waals surface area contributed by atoms with Crippen LogP contribution in [-0.4, -0.2) is 22.0 Å². The molecule has 6 nitrogen and oxygen atoms in total. The summed E-state index contributed by atoms with van der Waals surface area (Å²) in [6, 6.07) is 4.54. The number of aliphatic carboxylic acids is 1. The Morgan fingerprint density at radius 3 is 2.68 bits per heavy atom. The summed E-state index contributed by atoms with van der Waals surface area (Å²) < 4.78 is 0. The van der Waals surface area contributed by atoms with Crippen molar-refractivity contribution in [3.05, 3.63) is 33.9 Å². The van der Waals surface area contributed by atoms with E-state index in [-0.39, 0.29) is 18.2 Å². The van der Waals surface area contributed by atoms with Gasteiger partial charge in [-0.15, -0.1) is 0 Å². The summed E-state index contributed by atoms with van der Waals surface area (Å²) in [4.78, 5) is 21.0. The molecule has 1 aromatic rings. The molecule has 0 spiro atoms. The smallest absolute Gasteiger partial charge is 0.305 e. The van der Waals surface area contributed by atoms with Crippen LogP contribution in [0.1, 0.15) is 31.7 Å². The first-order chi connectivity index (χ1) is 8.93. The molecule has 0 amide bonds. The fourth-order valence-corrected chi connectivity index (χ4v) is 1.97. The van der Waals surface area contributed by atoms with Gasteiger partial charge >= 0.3 is 5.97 Å². The molecule has 0 saturated heterocycles. The second-order valence-electron chi connectivity index (χ2n) is 4.49. The number of nitrogens with one attached hydrogen (secondary N) is 1. The van der Waals surface area contributed by atoms with Crippen LogP contribution in [0.25, 0.3) is 0 Å². The highest BCUT2D eigenvalue weighted by Crippen LogP contribution is 2.23. The SMILES string of the molecule is CCCC(CC(=O)O)Nc1ccc([N+](=O)[O-])c(C)c1. The van der Waals surface area contributed by atoms with Crippen molar-refractivity contribution in [3.8, 4) is 0 Å². The molecule has 0 heterocycles. The summed E-state index contributed by atoms with van der Waals surface area (Å²) in [7, 11) is 0. The minimum Gasteiger partial charge on any atom is -0.481 e. The lowest BCUT2D eigenvalue weighted by atomic mass is 10.1. The summed E-state index contributed by atoms with van der Waals surface area (Å²) in [5.74, 6) is -0.857. The Hall–Kier alpha value is -2.11. The highest BCUT2D eigenvalue weighted by atomic mass is 16.6. The van der Waals surface area contributed by atoms with Crippen molar-refractivity contribution >= 4 is 17.3 Å². The summed E-state index contributed by atoms with van der Waals surface area (Å²) in [6.07, 6.45) is 1.64. The number of carbonyl (C=O) groups is 1. The number of rotatable bonds is 7. The molecule has 1 atom stereocenters. The fourth-order valence-electron chi connectivity index (χ4n) is 1.97. The largest absolute Gasteiger partial charge is 0.481 e. The van der Waals surface area contributed by atoms with Crippen LogP contribution in [0, 0.1) is 17.0 Å². The lowest BCUT2D eigenvalue weighted by molar-refractivity contribution is -0.385. The van der Waals surface area contributed by atoms with E-state index in [1.807, 2.05) is 6.92 Å². The van der Waals surface area contributed by atoms with Gasteiger partial charge in [0, 0.05) is 23.4 Å². The van der Waals surface area contributed by atoms with Crippen LogP contribution < -0.4 is 5.32 Å². The number of hydrogen-bond donors (Lipinski definition) is 2. The molecule has 0 aliphatic carbocycles. The molecule has 0 radical (unpaired) electrons. The van der Waals surface area contributed by atoms with Crippen molar-refractivity contribution < 1.29 is 14.8 Å². The Labute approximate surface area is 111 Å². The summed E-state index contributed by atoms with van der Waals surface area (Å²) in [6.45, 7) is 3.65. The number of carboxylic acid groups (broad SMARTS) is 1. The van der Waals surface area contributed by atoms with Gasteiger partial charge in [-0.1, -0.05) is 13.3 Å². The molecule has 6 heteroatoms. The van der Waals surface area contributed by atoms with E-state index in [0.29, 0.717) is 11.3 Å². The van der Waals surface area contributed by atoms with Crippen LogP contribution in [-0.2, 0) is 4.79 Å². The van der Waals surface area contributed by atoms with E-state index < -0.39 is 10.9 Å². The van der Waals surface area contributed by atoms with Crippen LogP contribution in [0.15, 0.2) is 18.2 Å². The molecule has 1 unspecified atom stereocenters. The molecular formula is C13H18N2O4. The second-order valence-corrected chi connectivity index (χ2v) is 4.49. The third-order valence-corrected chi connectivity index (χ3v) is 2.82. The van der Waals surface area contributed by atoms with Crippen LogP contribution in [0.4, 0.5) is 11.4 Å². The van der Waals surface area contributed by atoms with E-state index in [9.17, 15) is 14.9 Å². The Morgan fingerprint density at radius 2 is 2.21 bits per heavy atom. The third kappa shape index (κ3) is 4.57. The van der Waals surface area contributed by atoms with E-state index in [1.54, 1.807) is 19.1 Å². The number of aryl methyl sites for hydroxylation is 1. The lowest BCUT2D eigenvalue weighted by Crippen LogP contribution is -2.23. The van der Waals surface area contributed by atoms with Crippen LogP contribution >= 0.6 is 0 Å². The normalized spacial score (nSPS) is 11.9. The fraction of sp³-hybridized carbons (Fsp3) is 0.462. The number of hydrogen-bond acceptors (Lipinski definition) is 4. The van der Waals surface area contributed by atoms with Crippen molar-refractivity contribution in [1.29, 1.82) is 0 Å². The minimum atomic E-state index is -0.857. The van der Waals surface area contributed by atoms with Crippen molar-refractivity contribution in [2.24, 2.45) is 0 Å². The number of nitro benzene ring substituents is 1. The molecule has 0 aromatic heterocycles. The van der Waals surface area contributed by atoms with Gasteiger partial charge in [0.25, 0.3) is 5.69 Å². The minimum absolute atomic E-state index is 0.0316. The molecule has 0 aliphatic heterocycles. The maximum Gasteiger partial charge on any atom is 0.305 e. The first-order valence-electron chi connectivity index (χ1n) is 6.17. The molecular weight excluding hydrogens is 248 g/mol. The van der Waals surface area contributed by atoms with E-state index >= 15 is 0 Å². The van der Waals surface area contributed by atoms with Gasteiger partial charge < -0.3 is 10.4 Å². The maximum absolute atomic E-state index is 10.8. The van der Waals surface area contributed by atoms with Gasteiger partial charge in [-0.25, -0.2) is 0 Å². The number of benzene rings is 1. The summed E-state index contributed by atoms with van der Waals surface area (Å²) >= 11 is 0. The van der Waals surface area contributed by atoms with Crippen molar-refractivity contribution in [3.63, 3.8) is 0 Å². The molecule has 1 aromatic carbocycles. The summed E-state index contributed by atoms with van der Waals surface area (Å²) in [5, 5.41) is 22.7. The average molecular weight is 266 g/mol. The van der Waals surface area contributed by atoms with Gasteiger partial charge in [0.15, 0.2) is 0 Å². The van der Waals surface area contributed by atoms with Crippen LogP contribution in [0.5, 0.6) is 0 Å². The zero-order valence-corrected chi connectivity index (χ0v) is 11.0. The Kier molecular flexibility index (Phi) is 5.29. The van der Waals surface area contributed by atoms with Gasteiger partial charge in [0.05, 0.1) is 11.3 Å². The predicted molar refractivity (Wildman–Crippen MR) is 72.4 cm³/mol. The first-order valence-corrected chi connectivity index (χ1v) is 6.17. The Bertz CT molecular complexity index is 474. The van der Waals surface area contributed by atoms with Gasteiger partial charge in [0.2, 0.25) is 0 Å². The molecule has 104 valence electrons. The number of nitro groups is 1. The Morgan fingerprint density at radius 1 is 1.53 bits per heavy atom. The van der Waals surface area contributed by atoms with Crippen LogP contribution in [0.3, 0.4) is 0 Å². The van der Waals surface area contributed by atoms with Crippen molar-refractivity contribution in [2.75, 3.05) is 5.32 Å². The van der Waals surface area contributed by atoms with Crippen molar-refractivity contribution in [2.45, 2.75) is 39.2 Å². The van der Waals surface area contributed by atoms with Crippen molar-refractivity contribution in [1.82, 2.24) is 0 Å². The zero-order chi connectivity index (χ0) is 14.4. The average Bonchev–Trinajstić information content (AvgIpc) is 2.27. The maximum atomic E-state index is 10.8. The molecule has 0 bridgehead atoms. The van der Waals surface area contributed by atoms with E-state index in [2.05, 4.69) is 5.32 Å². The van der Waals surface area contributed by atoms with E-state index in [4.69, 9.17) is 5.11 Å². The molecule has 0 aliphatic rings. The molecule has 1 rings (SSSR count). The first kappa shape index (κ1) is 14.9. The van der Waals surface area contributed by atoms with Gasteiger partial charge in [-0.3, -0.25) is 14.9 Å². The zero-order valence-electron chi connectivity index (χ0n) is 11.0. The Balaban J connectivity index is 2.82. The molecule has 2 N–H and O–H groups in total. The quantitative estimate of drug-likeness (QED) is 0.584. The molecule has 0 fully saturated rings. The number of carboxylic acids is 1.